The summed E-state index contributed by atoms with van der Waals surface area (Å²) in [6.07, 6.45) is 0.970. The van der Waals surface area contributed by atoms with Gasteiger partial charge in [0.25, 0.3) is 5.89 Å². The molecule has 21 heavy (non-hydrogen) atoms. The molecule has 3 rings (SSSR count). The first-order valence-electron chi connectivity index (χ1n) is 7.00. The van der Waals surface area contributed by atoms with Crippen molar-refractivity contribution in [1.82, 2.24) is 10.1 Å². The molecule has 0 saturated heterocycles. The van der Waals surface area contributed by atoms with Crippen molar-refractivity contribution < 1.29 is 4.52 Å². The third kappa shape index (κ3) is 3.28. The molecule has 3 aromatic rings. The van der Waals surface area contributed by atoms with Crippen LogP contribution in [0.2, 0.25) is 0 Å². The maximum Gasteiger partial charge on any atom is 0.260 e. The highest BCUT2D eigenvalue weighted by Gasteiger charge is 2.10. The zero-order chi connectivity index (χ0) is 14.5. The van der Waals surface area contributed by atoms with Gasteiger partial charge in [-0.3, -0.25) is 0 Å². The van der Waals surface area contributed by atoms with Crippen LogP contribution in [0, 0.1) is 6.92 Å². The number of anilines is 1. The van der Waals surface area contributed by atoms with Crippen molar-refractivity contribution in [1.29, 1.82) is 0 Å². The van der Waals surface area contributed by atoms with Crippen LogP contribution in [0.1, 0.15) is 11.4 Å². The average molecular weight is 279 g/mol. The fourth-order valence-electron chi connectivity index (χ4n) is 2.22. The summed E-state index contributed by atoms with van der Waals surface area (Å²) in [6, 6.07) is 18.4. The number of hydrogen-bond donors (Lipinski definition) is 1. The number of hydrogen-bond acceptors (Lipinski definition) is 4. The van der Waals surface area contributed by atoms with E-state index >= 15 is 0 Å². The van der Waals surface area contributed by atoms with Gasteiger partial charge in [0.05, 0.1) is 5.56 Å². The van der Waals surface area contributed by atoms with E-state index in [0.29, 0.717) is 11.7 Å². The van der Waals surface area contributed by atoms with Crippen LogP contribution in [0.4, 0.5) is 5.69 Å². The minimum Gasteiger partial charge on any atom is -0.384 e. The van der Waals surface area contributed by atoms with E-state index in [-0.39, 0.29) is 0 Å². The lowest BCUT2D eigenvalue weighted by Crippen LogP contribution is -2.05. The van der Waals surface area contributed by atoms with Gasteiger partial charge >= 0.3 is 0 Å². The lowest BCUT2D eigenvalue weighted by atomic mass is 10.1. The summed E-state index contributed by atoms with van der Waals surface area (Å²) in [4.78, 5) is 4.29. The Kier molecular flexibility index (Phi) is 3.96. The Bertz CT molecular complexity index is 707. The summed E-state index contributed by atoms with van der Waals surface area (Å²) in [5.74, 6) is 1.19. The molecule has 0 saturated carbocycles. The highest BCUT2D eigenvalue weighted by molar-refractivity contribution is 5.72. The number of benzene rings is 2. The Morgan fingerprint density at radius 3 is 2.52 bits per heavy atom. The summed E-state index contributed by atoms with van der Waals surface area (Å²) >= 11 is 0. The highest BCUT2D eigenvalue weighted by Crippen LogP contribution is 2.26. The Labute approximate surface area is 123 Å². The normalized spacial score (nSPS) is 10.5. The first-order chi connectivity index (χ1) is 10.3. The lowest BCUT2D eigenvalue weighted by molar-refractivity contribution is 0.426. The van der Waals surface area contributed by atoms with E-state index in [4.69, 9.17) is 4.52 Å². The van der Waals surface area contributed by atoms with Crippen LogP contribution >= 0.6 is 0 Å². The second-order valence-corrected chi connectivity index (χ2v) is 4.85. The molecule has 2 aromatic carbocycles. The predicted molar refractivity (Wildman–Crippen MR) is 83.1 cm³/mol. The first-order valence-corrected chi connectivity index (χ1v) is 7.00. The number of nitrogens with one attached hydrogen (secondary N) is 1. The second-order valence-electron chi connectivity index (χ2n) is 4.85. The minimum atomic E-state index is 0.551. The molecule has 0 aliphatic carbocycles. The third-order valence-corrected chi connectivity index (χ3v) is 3.26. The van der Waals surface area contributed by atoms with Crippen molar-refractivity contribution in [3.8, 4) is 11.5 Å². The summed E-state index contributed by atoms with van der Waals surface area (Å²) in [5, 5.41) is 7.29. The smallest absolute Gasteiger partial charge is 0.260 e. The van der Waals surface area contributed by atoms with Gasteiger partial charge < -0.3 is 9.84 Å². The molecule has 0 aliphatic heterocycles. The minimum absolute atomic E-state index is 0.551. The van der Waals surface area contributed by atoms with Crippen LogP contribution in [0.5, 0.6) is 0 Å². The number of aromatic nitrogens is 2. The van der Waals surface area contributed by atoms with E-state index in [1.807, 2.05) is 37.3 Å². The molecular weight excluding hydrogens is 262 g/mol. The molecule has 0 spiro atoms. The quantitative estimate of drug-likeness (QED) is 0.773. The van der Waals surface area contributed by atoms with Crippen molar-refractivity contribution in [3.63, 3.8) is 0 Å². The average Bonchev–Trinajstić information content (AvgIpc) is 2.95. The molecule has 4 nitrogen and oxygen atoms in total. The van der Waals surface area contributed by atoms with E-state index in [2.05, 4.69) is 39.7 Å². The molecule has 1 aromatic heterocycles. The topological polar surface area (TPSA) is 51.0 Å². The van der Waals surface area contributed by atoms with Gasteiger partial charge in [0.15, 0.2) is 5.82 Å². The molecule has 0 radical (unpaired) electrons. The van der Waals surface area contributed by atoms with Gasteiger partial charge in [0.1, 0.15) is 0 Å². The summed E-state index contributed by atoms with van der Waals surface area (Å²) < 4.78 is 5.25. The van der Waals surface area contributed by atoms with Crippen LogP contribution in [-0.4, -0.2) is 16.7 Å². The van der Waals surface area contributed by atoms with Crippen molar-refractivity contribution >= 4 is 5.69 Å². The molecule has 1 N–H and O–H groups in total. The van der Waals surface area contributed by atoms with E-state index in [1.165, 1.54) is 5.56 Å². The van der Waals surface area contributed by atoms with Crippen LogP contribution in [0.3, 0.4) is 0 Å². The number of aryl methyl sites for hydroxylation is 1. The molecule has 0 aliphatic rings. The monoisotopic (exact) mass is 279 g/mol. The molecular formula is C17H17N3O. The van der Waals surface area contributed by atoms with Crippen molar-refractivity contribution in [3.05, 3.63) is 66.0 Å². The third-order valence-electron chi connectivity index (χ3n) is 3.26. The van der Waals surface area contributed by atoms with Gasteiger partial charge in [0.2, 0.25) is 0 Å². The standard InChI is InChI=1S/C17H17N3O/c1-13-19-17(21-20-13)15-9-5-6-10-16(15)18-12-11-14-7-3-2-4-8-14/h2-10,18H,11-12H2,1H3. The maximum atomic E-state index is 5.25. The summed E-state index contributed by atoms with van der Waals surface area (Å²) in [5.41, 5.74) is 3.26. The molecule has 106 valence electrons. The summed E-state index contributed by atoms with van der Waals surface area (Å²) in [6.45, 7) is 2.67. The van der Waals surface area contributed by atoms with E-state index in [1.54, 1.807) is 0 Å². The van der Waals surface area contributed by atoms with Gasteiger partial charge in [-0.1, -0.05) is 47.6 Å². The van der Waals surface area contributed by atoms with E-state index in [0.717, 1.165) is 24.2 Å². The fourth-order valence-corrected chi connectivity index (χ4v) is 2.22. The van der Waals surface area contributed by atoms with Gasteiger partial charge in [0, 0.05) is 12.2 Å². The van der Waals surface area contributed by atoms with Crippen molar-refractivity contribution in [2.24, 2.45) is 0 Å². The molecule has 0 unspecified atom stereocenters. The number of para-hydroxylation sites is 1. The largest absolute Gasteiger partial charge is 0.384 e. The molecule has 0 fully saturated rings. The van der Waals surface area contributed by atoms with Crippen molar-refractivity contribution in [2.45, 2.75) is 13.3 Å². The summed E-state index contributed by atoms with van der Waals surface area (Å²) in [7, 11) is 0. The van der Waals surface area contributed by atoms with Crippen LogP contribution < -0.4 is 5.32 Å². The van der Waals surface area contributed by atoms with Crippen LogP contribution in [0.15, 0.2) is 59.1 Å². The molecule has 4 heteroatoms. The zero-order valence-corrected chi connectivity index (χ0v) is 11.9. The van der Waals surface area contributed by atoms with E-state index < -0.39 is 0 Å². The maximum absolute atomic E-state index is 5.25. The van der Waals surface area contributed by atoms with Crippen LogP contribution in [-0.2, 0) is 6.42 Å². The Hall–Kier alpha value is -2.62. The van der Waals surface area contributed by atoms with Gasteiger partial charge in [-0.15, -0.1) is 0 Å². The molecule has 0 amide bonds. The molecule has 1 heterocycles. The van der Waals surface area contributed by atoms with Gasteiger partial charge in [-0.25, -0.2) is 0 Å². The lowest BCUT2D eigenvalue weighted by Gasteiger charge is -2.09. The molecule has 0 bridgehead atoms. The predicted octanol–water partition coefficient (Wildman–Crippen LogP) is 3.70. The number of rotatable bonds is 5. The SMILES string of the molecule is Cc1noc(-c2ccccc2NCCc2ccccc2)n1. The van der Waals surface area contributed by atoms with E-state index in [9.17, 15) is 0 Å². The fraction of sp³-hybridized carbons (Fsp3) is 0.176. The molecule has 0 atom stereocenters. The van der Waals surface area contributed by atoms with Crippen molar-refractivity contribution in [2.75, 3.05) is 11.9 Å². The number of nitrogens with zero attached hydrogens (tertiary/aromatic N) is 2. The van der Waals surface area contributed by atoms with Crippen LogP contribution in [0.25, 0.3) is 11.5 Å². The van der Waals surface area contributed by atoms with Gasteiger partial charge in [-0.05, 0) is 31.0 Å². The first kappa shape index (κ1) is 13.4. The van der Waals surface area contributed by atoms with Gasteiger partial charge in [-0.2, -0.15) is 4.98 Å². The Morgan fingerprint density at radius 1 is 1.00 bits per heavy atom. The highest BCUT2D eigenvalue weighted by atomic mass is 16.5. The Balaban J connectivity index is 1.71. The second kappa shape index (κ2) is 6.22. The zero-order valence-electron chi connectivity index (χ0n) is 11.9. The Morgan fingerprint density at radius 2 is 1.76 bits per heavy atom.